The maximum atomic E-state index is 13.1. The Morgan fingerprint density at radius 2 is 1.75 bits per heavy atom. The lowest BCUT2D eigenvalue weighted by molar-refractivity contribution is 0.0332. The van der Waals surface area contributed by atoms with Crippen LogP contribution in [-0.4, -0.2) is 57.6 Å². The fourth-order valence-corrected chi connectivity index (χ4v) is 5.05. The molecule has 0 spiro atoms. The SMILES string of the molecule is Cc1ccc([C@H](CN2CCOCC2)NC(=O)c2cccc(S(=O)(=O)NC(C)(C)C)c2)cc1. The van der Waals surface area contributed by atoms with Gasteiger partial charge in [-0.1, -0.05) is 35.9 Å². The third-order valence-corrected chi connectivity index (χ3v) is 6.93. The Labute approximate surface area is 191 Å². The average molecular weight is 460 g/mol. The molecule has 0 bridgehead atoms. The largest absolute Gasteiger partial charge is 0.379 e. The number of rotatable bonds is 7. The first-order chi connectivity index (χ1) is 15.0. The van der Waals surface area contributed by atoms with E-state index in [4.69, 9.17) is 4.74 Å². The smallest absolute Gasteiger partial charge is 0.251 e. The van der Waals surface area contributed by atoms with E-state index >= 15 is 0 Å². The van der Waals surface area contributed by atoms with Crippen LogP contribution < -0.4 is 10.0 Å². The van der Waals surface area contributed by atoms with Crippen LogP contribution in [0.4, 0.5) is 0 Å². The van der Waals surface area contributed by atoms with E-state index in [1.165, 1.54) is 12.1 Å². The van der Waals surface area contributed by atoms with Crippen molar-refractivity contribution in [2.24, 2.45) is 0 Å². The first-order valence-corrected chi connectivity index (χ1v) is 12.3. The van der Waals surface area contributed by atoms with E-state index in [1.807, 2.05) is 31.2 Å². The monoisotopic (exact) mass is 459 g/mol. The minimum Gasteiger partial charge on any atom is -0.379 e. The summed E-state index contributed by atoms with van der Waals surface area (Å²) in [5.41, 5.74) is 1.84. The molecule has 32 heavy (non-hydrogen) atoms. The van der Waals surface area contributed by atoms with Gasteiger partial charge in [0.2, 0.25) is 10.0 Å². The number of ether oxygens (including phenoxy) is 1. The highest BCUT2D eigenvalue weighted by Gasteiger charge is 2.24. The zero-order valence-electron chi connectivity index (χ0n) is 19.2. The molecule has 2 aromatic carbocycles. The highest BCUT2D eigenvalue weighted by atomic mass is 32.2. The molecule has 0 aliphatic carbocycles. The fourth-order valence-electron chi connectivity index (χ4n) is 3.58. The summed E-state index contributed by atoms with van der Waals surface area (Å²) >= 11 is 0. The van der Waals surface area contributed by atoms with Gasteiger partial charge in [0.05, 0.1) is 24.2 Å². The van der Waals surface area contributed by atoms with Crippen LogP contribution in [0.1, 0.15) is 48.3 Å². The maximum absolute atomic E-state index is 13.1. The van der Waals surface area contributed by atoms with Crippen molar-refractivity contribution >= 4 is 15.9 Å². The van der Waals surface area contributed by atoms with E-state index < -0.39 is 15.6 Å². The normalized spacial score (nSPS) is 16.5. The van der Waals surface area contributed by atoms with Crippen LogP contribution in [0.3, 0.4) is 0 Å². The lowest BCUT2D eigenvalue weighted by atomic mass is 10.0. The molecule has 174 valence electrons. The van der Waals surface area contributed by atoms with Crippen LogP contribution >= 0.6 is 0 Å². The lowest BCUT2D eigenvalue weighted by Gasteiger charge is -2.31. The summed E-state index contributed by atoms with van der Waals surface area (Å²) in [6.07, 6.45) is 0. The molecule has 0 saturated carbocycles. The molecule has 1 atom stereocenters. The molecule has 2 N–H and O–H groups in total. The molecule has 0 radical (unpaired) electrons. The molecule has 1 heterocycles. The second-order valence-electron chi connectivity index (χ2n) is 9.23. The summed E-state index contributed by atoms with van der Waals surface area (Å²) in [7, 11) is -3.73. The molecule has 1 saturated heterocycles. The number of amides is 1. The van der Waals surface area contributed by atoms with Gasteiger partial charge in [-0.2, -0.15) is 0 Å². The number of benzene rings is 2. The van der Waals surface area contributed by atoms with Crippen molar-refractivity contribution in [3.8, 4) is 0 Å². The molecule has 2 aromatic rings. The topological polar surface area (TPSA) is 87.7 Å². The van der Waals surface area contributed by atoms with Crippen LogP contribution in [0.15, 0.2) is 53.4 Å². The minimum atomic E-state index is -3.73. The van der Waals surface area contributed by atoms with E-state index in [1.54, 1.807) is 32.9 Å². The molecule has 1 aliphatic heterocycles. The third-order valence-electron chi connectivity index (χ3n) is 5.18. The van der Waals surface area contributed by atoms with Crippen molar-refractivity contribution in [2.75, 3.05) is 32.8 Å². The summed E-state index contributed by atoms with van der Waals surface area (Å²) in [6.45, 7) is 11.0. The van der Waals surface area contributed by atoms with Gasteiger partial charge in [-0.25, -0.2) is 13.1 Å². The zero-order valence-corrected chi connectivity index (χ0v) is 20.0. The van der Waals surface area contributed by atoms with Gasteiger partial charge in [-0.05, 0) is 51.5 Å². The van der Waals surface area contributed by atoms with Crippen LogP contribution in [-0.2, 0) is 14.8 Å². The highest BCUT2D eigenvalue weighted by Crippen LogP contribution is 2.19. The number of carbonyl (C=O) groups excluding carboxylic acids is 1. The van der Waals surface area contributed by atoms with Crippen molar-refractivity contribution in [2.45, 2.75) is 44.2 Å². The van der Waals surface area contributed by atoms with Gasteiger partial charge in [0.15, 0.2) is 0 Å². The number of hydrogen-bond donors (Lipinski definition) is 2. The number of nitrogens with one attached hydrogen (secondary N) is 2. The van der Waals surface area contributed by atoms with Gasteiger partial charge in [-0.15, -0.1) is 0 Å². The Bertz CT molecular complexity index is 1020. The maximum Gasteiger partial charge on any atom is 0.251 e. The van der Waals surface area contributed by atoms with Crippen molar-refractivity contribution in [1.29, 1.82) is 0 Å². The lowest BCUT2D eigenvalue weighted by Crippen LogP contribution is -2.43. The molecule has 1 amide bonds. The molecule has 1 aliphatic rings. The van der Waals surface area contributed by atoms with Crippen LogP contribution in [0, 0.1) is 6.92 Å². The number of hydrogen-bond acceptors (Lipinski definition) is 5. The standard InChI is InChI=1S/C24H33N3O4S/c1-18-8-10-19(11-9-18)22(17-27-12-14-31-15-13-27)25-23(28)20-6-5-7-21(16-20)32(29,30)26-24(2,3)4/h5-11,16,22,26H,12-15,17H2,1-4H3,(H,25,28)/t22-/m0/s1. The van der Waals surface area contributed by atoms with Crippen molar-refractivity contribution in [3.05, 3.63) is 65.2 Å². The van der Waals surface area contributed by atoms with Crippen molar-refractivity contribution in [1.82, 2.24) is 14.9 Å². The molecule has 1 fully saturated rings. The summed E-state index contributed by atoms with van der Waals surface area (Å²) in [4.78, 5) is 15.5. The number of sulfonamides is 1. The second kappa shape index (κ2) is 10.1. The predicted molar refractivity (Wildman–Crippen MR) is 125 cm³/mol. The summed E-state index contributed by atoms with van der Waals surface area (Å²) in [6, 6.07) is 14.0. The summed E-state index contributed by atoms with van der Waals surface area (Å²) < 4.78 is 33.5. The van der Waals surface area contributed by atoms with E-state index in [0.717, 1.165) is 24.2 Å². The fraction of sp³-hybridized carbons (Fsp3) is 0.458. The highest BCUT2D eigenvalue weighted by molar-refractivity contribution is 7.89. The van der Waals surface area contributed by atoms with E-state index in [9.17, 15) is 13.2 Å². The number of aryl methyl sites for hydroxylation is 1. The predicted octanol–water partition coefficient (Wildman–Crippen LogP) is 2.88. The number of morpholine rings is 1. The van der Waals surface area contributed by atoms with Crippen LogP contribution in [0.2, 0.25) is 0 Å². The Morgan fingerprint density at radius 1 is 1.09 bits per heavy atom. The molecule has 0 unspecified atom stereocenters. The first-order valence-electron chi connectivity index (χ1n) is 10.9. The zero-order chi connectivity index (χ0) is 23.4. The van der Waals surface area contributed by atoms with E-state index in [2.05, 4.69) is 14.9 Å². The van der Waals surface area contributed by atoms with Crippen molar-refractivity contribution < 1.29 is 17.9 Å². The van der Waals surface area contributed by atoms with Gasteiger partial charge in [-0.3, -0.25) is 9.69 Å². The van der Waals surface area contributed by atoms with Gasteiger partial charge < -0.3 is 10.1 Å². The molecular weight excluding hydrogens is 426 g/mol. The Morgan fingerprint density at radius 3 is 2.38 bits per heavy atom. The average Bonchev–Trinajstić information content (AvgIpc) is 2.73. The Kier molecular flexibility index (Phi) is 7.71. The first kappa shape index (κ1) is 24.4. The van der Waals surface area contributed by atoms with Gasteiger partial charge >= 0.3 is 0 Å². The van der Waals surface area contributed by atoms with Crippen molar-refractivity contribution in [3.63, 3.8) is 0 Å². The van der Waals surface area contributed by atoms with E-state index in [-0.39, 0.29) is 16.8 Å². The van der Waals surface area contributed by atoms with Gasteiger partial charge in [0, 0.05) is 30.7 Å². The minimum absolute atomic E-state index is 0.0696. The molecule has 3 rings (SSSR count). The van der Waals surface area contributed by atoms with E-state index in [0.29, 0.717) is 25.3 Å². The molecule has 0 aromatic heterocycles. The van der Waals surface area contributed by atoms with Crippen LogP contribution in [0.5, 0.6) is 0 Å². The quantitative estimate of drug-likeness (QED) is 0.665. The van der Waals surface area contributed by atoms with Gasteiger partial charge in [0.25, 0.3) is 5.91 Å². The Balaban J connectivity index is 1.81. The molecular formula is C24H33N3O4S. The van der Waals surface area contributed by atoms with Gasteiger partial charge in [0.1, 0.15) is 0 Å². The summed E-state index contributed by atoms with van der Waals surface area (Å²) in [5, 5.41) is 3.11. The second-order valence-corrected chi connectivity index (χ2v) is 10.9. The third kappa shape index (κ3) is 6.87. The number of carbonyl (C=O) groups is 1. The summed E-state index contributed by atoms with van der Waals surface area (Å²) in [5.74, 6) is -0.309. The van der Waals surface area contributed by atoms with Crippen LogP contribution in [0.25, 0.3) is 0 Å². The molecule has 8 heteroatoms. The molecule has 7 nitrogen and oxygen atoms in total. The Hall–Kier alpha value is -2.26. The number of nitrogens with zero attached hydrogens (tertiary/aromatic N) is 1.